The molecule has 1 aromatic carbocycles. The number of carboxylic acids is 1. The Kier molecular flexibility index (Phi) is 5.55. The predicted octanol–water partition coefficient (Wildman–Crippen LogP) is 2.60. The van der Waals surface area contributed by atoms with Crippen molar-refractivity contribution in [3.63, 3.8) is 0 Å². The molecule has 0 fully saturated rings. The molecular formula is C15H21NO4. The van der Waals surface area contributed by atoms with Crippen LogP contribution < -0.4 is 5.32 Å². The second-order valence-electron chi connectivity index (χ2n) is 5.63. The van der Waals surface area contributed by atoms with Crippen molar-refractivity contribution in [3.05, 3.63) is 35.9 Å². The van der Waals surface area contributed by atoms with E-state index in [0.717, 1.165) is 5.56 Å². The Bertz CT molecular complexity index is 451. The van der Waals surface area contributed by atoms with Crippen LogP contribution in [-0.4, -0.2) is 28.8 Å². The number of benzene rings is 1. The number of hydrogen-bond acceptors (Lipinski definition) is 3. The number of carbonyl (C=O) groups excluding carboxylic acids is 1. The van der Waals surface area contributed by atoms with Gasteiger partial charge in [-0.1, -0.05) is 30.3 Å². The highest BCUT2D eigenvalue weighted by molar-refractivity contribution is 5.71. The second-order valence-corrected chi connectivity index (χ2v) is 5.63. The zero-order valence-corrected chi connectivity index (χ0v) is 12.1. The van der Waals surface area contributed by atoms with Gasteiger partial charge >= 0.3 is 12.1 Å². The normalized spacial score (nSPS) is 12.6. The number of hydrogen-bond donors (Lipinski definition) is 2. The Morgan fingerprint density at radius 2 is 1.85 bits per heavy atom. The van der Waals surface area contributed by atoms with Crippen molar-refractivity contribution < 1.29 is 19.4 Å². The lowest BCUT2D eigenvalue weighted by Gasteiger charge is -2.23. The first-order valence-electron chi connectivity index (χ1n) is 6.51. The average molecular weight is 279 g/mol. The first-order valence-corrected chi connectivity index (χ1v) is 6.51. The Labute approximate surface area is 118 Å². The highest BCUT2D eigenvalue weighted by Gasteiger charge is 2.21. The van der Waals surface area contributed by atoms with Crippen molar-refractivity contribution in [2.45, 2.75) is 45.3 Å². The van der Waals surface area contributed by atoms with Crippen LogP contribution in [0.4, 0.5) is 4.79 Å². The zero-order valence-electron chi connectivity index (χ0n) is 12.1. The molecule has 20 heavy (non-hydrogen) atoms. The summed E-state index contributed by atoms with van der Waals surface area (Å²) in [4.78, 5) is 22.6. The highest BCUT2D eigenvalue weighted by Crippen LogP contribution is 2.10. The summed E-state index contributed by atoms with van der Waals surface area (Å²) in [6.07, 6.45) is -0.291. The van der Waals surface area contributed by atoms with Gasteiger partial charge in [0.1, 0.15) is 5.60 Å². The number of alkyl carbamates (subject to hydrolysis) is 1. The molecule has 0 spiro atoms. The summed E-state index contributed by atoms with van der Waals surface area (Å²) >= 11 is 0. The van der Waals surface area contributed by atoms with E-state index in [0.29, 0.717) is 6.42 Å². The number of ether oxygens (including phenoxy) is 1. The van der Waals surface area contributed by atoms with Crippen LogP contribution in [0.1, 0.15) is 32.8 Å². The van der Waals surface area contributed by atoms with Gasteiger partial charge in [-0.2, -0.15) is 0 Å². The van der Waals surface area contributed by atoms with Crippen molar-refractivity contribution in [3.8, 4) is 0 Å². The molecule has 0 aromatic heterocycles. The fraction of sp³-hybridized carbons (Fsp3) is 0.467. The molecule has 0 bridgehead atoms. The van der Waals surface area contributed by atoms with Crippen LogP contribution in [-0.2, 0) is 16.0 Å². The maximum Gasteiger partial charge on any atom is 0.407 e. The molecule has 0 unspecified atom stereocenters. The van der Waals surface area contributed by atoms with Gasteiger partial charge in [-0.3, -0.25) is 4.79 Å². The summed E-state index contributed by atoms with van der Waals surface area (Å²) in [6.45, 7) is 5.28. The lowest BCUT2D eigenvalue weighted by Crippen LogP contribution is -2.41. The molecule has 0 aliphatic carbocycles. The third-order valence-corrected chi connectivity index (χ3v) is 2.47. The lowest BCUT2D eigenvalue weighted by molar-refractivity contribution is -0.137. The molecule has 1 rings (SSSR count). The molecule has 2 N–H and O–H groups in total. The molecule has 0 saturated carbocycles. The minimum atomic E-state index is -0.956. The number of amides is 1. The molecule has 0 aliphatic rings. The van der Waals surface area contributed by atoms with Gasteiger partial charge in [0.05, 0.1) is 6.42 Å². The maximum atomic E-state index is 11.7. The van der Waals surface area contributed by atoms with Crippen molar-refractivity contribution in [1.29, 1.82) is 0 Å². The fourth-order valence-corrected chi connectivity index (χ4v) is 1.76. The number of carboxylic acid groups (broad SMARTS) is 1. The van der Waals surface area contributed by atoms with Gasteiger partial charge in [-0.25, -0.2) is 4.79 Å². The fourth-order valence-electron chi connectivity index (χ4n) is 1.76. The third-order valence-electron chi connectivity index (χ3n) is 2.47. The van der Waals surface area contributed by atoms with E-state index in [1.807, 2.05) is 30.3 Å². The van der Waals surface area contributed by atoms with Crippen LogP contribution in [0.2, 0.25) is 0 Å². The quantitative estimate of drug-likeness (QED) is 0.868. The molecule has 0 saturated heterocycles. The van der Waals surface area contributed by atoms with Crippen LogP contribution in [0.15, 0.2) is 30.3 Å². The monoisotopic (exact) mass is 279 g/mol. The third kappa shape index (κ3) is 6.78. The standard InChI is InChI=1S/C15H21NO4/c1-15(2,3)20-14(19)16-12(10-13(17)18)9-11-7-5-4-6-8-11/h4-8,12H,9-10H2,1-3H3,(H,16,19)(H,17,18)/t12-/m0/s1. The summed E-state index contributed by atoms with van der Waals surface area (Å²) < 4.78 is 5.14. The molecule has 0 aliphatic heterocycles. The van der Waals surface area contributed by atoms with Crippen LogP contribution in [0, 0.1) is 0 Å². The summed E-state index contributed by atoms with van der Waals surface area (Å²) in [6, 6.07) is 8.93. The number of nitrogens with one attached hydrogen (secondary N) is 1. The molecule has 1 amide bonds. The maximum absolute atomic E-state index is 11.7. The van der Waals surface area contributed by atoms with Crippen LogP contribution >= 0.6 is 0 Å². The van der Waals surface area contributed by atoms with Gasteiger partial charge < -0.3 is 15.2 Å². The Hall–Kier alpha value is -2.04. The van der Waals surface area contributed by atoms with E-state index in [2.05, 4.69) is 5.32 Å². The number of aliphatic carboxylic acids is 1. The SMILES string of the molecule is CC(C)(C)OC(=O)N[C@H](CC(=O)O)Cc1ccccc1. The van der Waals surface area contributed by atoms with Crippen LogP contribution in [0.5, 0.6) is 0 Å². The van der Waals surface area contributed by atoms with E-state index in [9.17, 15) is 9.59 Å². The van der Waals surface area contributed by atoms with Crippen molar-refractivity contribution in [2.24, 2.45) is 0 Å². The van der Waals surface area contributed by atoms with Gasteiger partial charge in [-0.05, 0) is 32.8 Å². The van der Waals surface area contributed by atoms with E-state index in [4.69, 9.17) is 9.84 Å². The van der Waals surface area contributed by atoms with E-state index in [1.54, 1.807) is 20.8 Å². The Balaban J connectivity index is 2.65. The summed E-state index contributed by atoms with van der Waals surface area (Å²) in [7, 11) is 0. The Morgan fingerprint density at radius 3 is 2.35 bits per heavy atom. The molecule has 5 heteroatoms. The molecule has 0 radical (unpaired) electrons. The minimum Gasteiger partial charge on any atom is -0.481 e. The first-order chi connectivity index (χ1) is 9.26. The predicted molar refractivity (Wildman–Crippen MR) is 75.6 cm³/mol. The minimum absolute atomic E-state index is 0.145. The smallest absolute Gasteiger partial charge is 0.407 e. The second kappa shape index (κ2) is 6.93. The average Bonchev–Trinajstić information content (AvgIpc) is 2.26. The summed E-state index contributed by atoms with van der Waals surface area (Å²) in [5.74, 6) is -0.956. The Morgan fingerprint density at radius 1 is 1.25 bits per heavy atom. The highest BCUT2D eigenvalue weighted by atomic mass is 16.6. The van der Waals surface area contributed by atoms with Crippen LogP contribution in [0.25, 0.3) is 0 Å². The van der Waals surface area contributed by atoms with Crippen molar-refractivity contribution in [2.75, 3.05) is 0 Å². The number of rotatable bonds is 5. The molecule has 1 atom stereocenters. The van der Waals surface area contributed by atoms with Gasteiger partial charge in [0.15, 0.2) is 0 Å². The van der Waals surface area contributed by atoms with Gasteiger partial charge in [0.2, 0.25) is 0 Å². The van der Waals surface area contributed by atoms with Gasteiger partial charge in [0, 0.05) is 6.04 Å². The molecule has 0 heterocycles. The van der Waals surface area contributed by atoms with E-state index < -0.39 is 23.7 Å². The molecule has 5 nitrogen and oxygen atoms in total. The summed E-state index contributed by atoms with van der Waals surface area (Å²) in [5.41, 5.74) is 0.361. The van der Waals surface area contributed by atoms with Crippen molar-refractivity contribution in [1.82, 2.24) is 5.32 Å². The topological polar surface area (TPSA) is 75.6 Å². The van der Waals surface area contributed by atoms with Crippen molar-refractivity contribution >= 4 is 12.1 Å². The summed E-state index contributed by atoms with van der Waals surface area (Å²) in [5, 5.41) is 11.5. The van der Waals surface area contributed by atoms with E-state index in [-0.39, 0.29) is 6.42 Å². The molecule has 110 valence electrons. The van der Waals surface area contributed by atoms with Gasteiger partial charge in [-0.15, -0.1) is 0 Å². The zero-order chi connectivity index (χ0) is 15.2. The molecular weight excluding hydrogens is 258 g/mol. The lowest BCUT2D eigenvalue weighted by atomic mass is 10.0. The molecule has 1 aromatic rings. The number of carbonyl (C=O) groups is 2. The van der Waals surface area contributed by atoms with E-state index in [1.165, 1.54) is 0 Å². The van der Waals surface area contributed by atoms with E-state index >= 15 is 0 Å². The van der Waals surface area contributed by atoms with Crippen LogP contribution in [0.3, 0.4) is 0 Å². The van der Waals surface area contributed by atoms with Gasteiger partial charge in [0.25, 0.3) is 0 Å². The largest absolute Gasteiger partial charge is 0.481 e. The first kappa shape index (κ1) is 16.0.